The van der Waals surface area contributed by atoms with Crippen LogP contribution in [0.15, 0.2) is 23.1 Å². The standard InChI is InChI=1S/C15H23N3O2/c1-10-5-11(2)7-13(6-10)17-14(19)9-18-8-12(16)3-4-15(18)20/h3-4,8,10-11,13H,5-7,9,16H2,1-2H3,(H,17,19). The molecule has 1 aromatic rings. The summed E-state index contributed by atoms with van der Waals surface area (Å²) in [6.45, 7) is 4.47. The zero-order valence-electron chi connectivity index (χ0n) is 12.1. The fourth-order valence-electron chi connectivity index (χ4n) is 3.17. The molecule has 1 saturated carbocycles. The summed E-state index contributed by atoms with van der Waals surface area (Å²) < 4.78 is 1.35. The van der Waals surface area contributed by atoms with Crippen molar-refractivity contribution >= 4 is 11.6 Å². The minimum Gasteiger partial charge on any atom is -0.398 e. The molecule has 2 unspecified atom stereocenters. The van der Waals surface area contributed by atoms with Crippen molar-refractivity contribution < 1.29 is 4.79 Å². The van der Waals surface area contributed by atoms with E-state index in [-0.39, 0.29) is 24.1 Å². The lowest BCUT2D eigenvalue weighted by Crippen LogP contribution is -2.42. The molecule has 1 aliphatic rings. The first-order valence-electron chi connectivity index (χ1n) is 7.19. The number of nitrogens with zero attached hydrogens (tertiary/aromatic N) is 1. The van der Waals surface area contributed by atoms with Crippen LogP contribution < -0.4 is 16.6 Å². The highest BCUT2D eigenvalue weighted by atomic mass is 16.2. The first kappa shape index (κ1) is 14.6. The van der Waals surface area contributed by atoms with E-state index in [0.717, 1.165) is 12.8 Å². The Hall–Kier alpha value is -1.78. The van der Waals surface area contributed by atoms with Crippen LogP contribution in [0.4, 0.5) is 5.69 Å². The van der Waals surface area contributed by atoms with Crippen LogP contribution in [0.3, 0.4) is 0 Å². The number of rotatable bonds is 3. The van der Waals surface area contributed by atoms with Crippen LogP contribution in [0, 0.1) is 11.8 Å². The summed E-state index contributed by atoms with van der Waals surface area (Å²) >= 11 is 0. The lowest BCUT2D eigenvalue weighted by Gasteiger charge is -2.32. The number of hydrogen-bond acceptors (Lipinski definition) is 3. The summed E-state index contributed by atoms with van der Waals surface area (Å²) in [5.41, 5.74) is 5.91. The van der Waals surface area contributed by atoms with Gasteiger partial charge in [0.25, 0.3) is 5.56 Å². The van der Waals surface area contributed by atoms with Gasteiger partial charge in [0.05, 0.1) is 0 Å². The first-order chi connectivity index (χ1) is 9.44. The quantitative estimate of drug-likeness (QED) is 0.876. The van der Waals surface area contributed by atoms with Gasteiger partial charge in [-0.15, -0.1) is 0 Å². The number of pyridine rings is 1. The van der Waals surface area contributed by atoms with E-state index in [4.69, 9.17) is 5.73 Å². The molecule has 3 N–H and O–H groups in total. The summed E-state index contributed by atoms with van der Waals surface area (Å²) in [5, 5.41) is 3.04. The molecular weight excluding hydrogens is 254 g/mol. The Morgan fingerprint density at radius 1 is 1.30 bits per heavy atom. The number of carbonyl (C=O) groups is 1. The van der Waals surface area contributed by atoms with Gasteiger partial charge in [0.1, 0.15) is 6.54 Å². The number of carbonyl (C=O) groups excluding carboxylic acids is 1. The van der Waals surface area contributed by atoms with Gasteiger partial charge in [-0.05, 0) is 37.2 Å². The molecule has 0 saturated heterocycles. The topological polar surface area (TPSA) is 77.1 Å². The number of anilines is 1. The maximum Gasteiger partial charge on any atom is 0.251 e. The van der Waals surface area contributed by atoms with Crippen molar-refractivity contribution in [2.24, 2.45) is 11.8 Å². The maximum atomic E-state index is 12.0. The fraction of sp³-hybridized carbons (Fsp3) is 0.600. The Morgan fingerprint density at radius 2 is 1.95 bits per heavy atom. The zero-order valence-corrected chi connectivity index (χ0v) is 12.1. The Kier molecular flexibility index (Phi) is 4.47. The van der Waals surface area contributed by atoms with Gasteiger partial charge >= 0.3 is 0 Å². The lowest BCUT2D eigenvalue weighted by molar-refractivity contribution is -0.122. The van der Waals surface area contributed by atoms with Crippen LogP contribution in [-0.2, 0) is 11.3 Å². The SMILES string of the molecule is CC1CC(C)CC(NC(=O)Cn2cc(N)ccc2=O)C1. The van der Waals surface area contributed by atoms with Gasteiger partial charge in [0.15, 0.2) is 0 Å². The second-order valence-corrected chi connectivity index (χ2v) is 6.11. The van der Waals surface area contributed by atoms with E-state index >= 15 is 0 Å². The van der Waals surface area contributed by atoms with E-state index < -0.39 is 0 Å². The average Bonchev–Trinajstić information content (AvgIpc) is 2.32. The Morgan fingerprint density at radius 3 is 2.60 bits per heavy atom. The highest BCUT2D eigenvalue weighted by Crippen LogP contribution is 2.28. The van der Waals surface area contributed by atoms with Gasteiger partial charge in [0, 0.05) is 24.0 Å². The van der Waals surface area contributed by atoms with Gasteiger partial charge in [-0.3, -0.25) is 9.59 Å². The van der Waals surface area contributed by atoms with Gasteiger partial charge in [0.2, 0.25) is 5.91 Å². The number of aromatic nitrogens is 1. The largest absolute Gasteiger partial charge is 0.398 e. The third-order valence-electron chi connectivity index (χ3n) is 3.86. The molecule has 5 nitrogen and oxygen atoms in total. The number of amides is 1. The van der Waals surface area contributed by atoms with Crippen LogP contribution >= 0.6 is 0 Å². The van der Waals surface area contributed by atoms with Crippen molar-refractivity contribution in [2.45, 2.75) is 45.7 Å². The molecule has 2 atom stereocenters. The zero-order chi connectivity index (χ0) is 14.7. The molecule has 5 heteroatoms. The molecule has 1 amide bonds. The Labute approximate surface area is 119 Å². The minimum atomic E-state index is -0.209. The van der Waals surface area contributed by atoms with Crippen molar-refractivity contribution in [2.75, 3.05) is 5.73 Å². The van der Waals surface area contributed by atoms with E-state index in [0.29, 0.717) is 17.5 Å². The Balaban J connectivity index is 1.95. The van der Waals surface area contributed by atoms with Crippen LogP contribution in [0.1, 0.15) is 33.1 Å². The molecule has 1 aromatic heterocycles. The predicted molar refractivity (Wildman–Crippen MR) is 79.2 cm³/mol. The normalized spacial score (nSPS) is 26.2. The van der Waals surface area contributed by atoms with E-state index in [1.807, 2.05) is 0 Å². The van der Waals surface area contributed by atoms with Crippen molar-refractivity contribution in [3.8, 4) is 0 Å². The third-order valence-corrected chi connectivity index (χ3v) is 3.86. The highest BCUT2D eigenvalue weighted by molar-refractivity contribution is 5.76. The summed E-state index contributed by atoms with van der Waals surface area (Å²) in [5.74, 6) is 1.15. The number of nitrogens with one attached hydrogen (secondary N) is 1. The number of hydrogen-bond donors (Lipinski definition) is 2. The molecule has 1 fully saturated rings. The van der Waals surface area contributed by atoms with Crippen molar-refractivity contribution in [1.29, 1.82) is 0 Å². The van der Waals surface area contributed by atoms with Crippen molar-refractivity contribution in [3.05, 3.63) is 28.7 Å². The lowest BCUT2D eigenvalue weighted by atomic mass is 9.80. The fourth-order valence-corrected chi connectivity index (χ4v) is 3.17. The van der Waals surface area contributed by atoms with Gasteiger partial charge in [-0.2, -0.15) is 0 Å². The van der Waals surface area contributed by atoms with Gasteiger partial charge < -0.3 is 15.6 Å². The van der Waals surface area contributed by atoms with E-state index in [9.17, 15) is 9.59 Å². The van der Waals surface area contributed by atoms with Crippen LogP contribution in [0.25, 0.3) is 0 Å². The summed E-state index contributed by atoms with van der Waals surface area (Å²) in [4.78, 5) is 23.7. The van der Waals surface area contributed by atoms with E-state index in [2.05, 4.69) is 19.2 Å². The van der Waals surface area contributed by atoms with Crippen LogP contribution in [0.2, 0.25) is 0 Å². The molecule has 0 aromatic carbocycles. The second kappa shape index (κ2) is 6.11. The van der Waals surface area contributed by atoms with Gasteiger partial charge in [-0.25, -0.2) is 0 Å². The maximum absolute atomic E-state index is 12.0. The van der Waals surface area contributed by atoms with Crippen molar-refractivity contribution in [1.82, 2.24) is 9.88 Å². The first-order valence-corrected chi connectivity index (χ1v) is 7.19. The predicted octanol–water partition coefficient (Wildman–Crippen LogP) is 1.37. The molecule has 0 spiro atoms. The molecule has 1 heterocycles. The van der Waals surface area contributed by atoms with E-state index in [1.54, 1.807) is 6.07 Å². The molecule has 2 rings (SSSR count). The molecular formula is C15H23N3O2. The highest BCUT2D eigenvalue weighted by Gasteiger charge is 2.24. The molecule has 0 bridgehead atoms. The third kappa shape index (κ3) is 3.85. The summed E-state index contributed by atoms with van der Waals surface area (Å²) in [6, 6.07) is 3.15. The minimum absolute atomic E-state index is 0.0309. The van der Waals surface area contributed by atoms with E-state index in [1.165, 1.54) is 23.3 Å². The van der Waals surface area contributed by atoms with Gasteiger partial charge in [-0.1, -0.05) is 13.8 Å². The van der Waals surface area contributed by atoms with Crippen LogP contribution in [0.5, 0.6) is 0 Å². The molecule has 0 radical (unpaired) electrons. The second-order valence-electron chi connectivity index (χ2n) is 6.11. The average molecular weight is 277 g/mol. The summed E-state index contributed by atoms with van der Waals surface area (Å²) in [7, 11) is 0. The number of nitrogens with two attached hydrogens (primary N) is 1. The monoisotopic (exact) mass is 277 g/mol. The molecule has 20 heavy (non-hydrogen) atoms. The number of nitrogen functional groups attached to an aromatic ring is 1. The molecule has 1 aliphatic carbocycles. The summed E-state index contributed by atoms with van der Waals surface area (Å²) in [6.07, 6.45) is 4.76. The Bertz CT molecular complexity index is 528. The molecule has 110 valence electrons. The van der Waals surface area contributed by atoms with Crippen molar-refractivity contribution in [3.63, 3.8) is 0 Å². The van der Waals surface area contributed by atoms with Crippen LogP contribution in [-0.4, -0.2) is 16.5 Å². The smallest absolute Gasteiger partial charge is 0.251 e. The molecule has 0 aliphatic heterocycles.